The van der Waals surface area contributed by atoms with Crippen molar-refractivity contribution in [1.82, 2.24) is 5.32 Å². The van der Waals surface area contributed by atoms with Gasteiger partial charge in [0, 0.05) is 16.1 Å². The van der Waals surface area contributed by atoms with Gasteiger partial charge in [-0.3, -0.25) is 0 Å². The van der Waals surface area contributed by atoms with Crippen LogP contribution in [0.25, 0.3) is 0 Å². The molecule has 1 atom stereocenters. The molecule has 0 amide bonds. The number of rotatable bonds is 1. The lowest BCUT2D eigenvalue weighted by atomic mass is 9.93. The van der Waals surface area contributed by atoms with Gasteiger partial charge in [0.05, 0.1) is 0 Å². The van der Waals surface area contributed by atoms with Crippen molar-refractivity contribution < 1.29 is 9.47 Å². The molecule has 1 aromatic rings. The number of hydrogen-bond donors (Lipinski definition) is 1. The van der Waals surface area contributed by atoms with E-state index in [0.717, 1.165) is 22.5 Å². The van der Waals surface area contributed by atoms with Gasteiger partial charge in [-0.2, -0.15) is 0 Å². The Hall–Kier alpha value is -0.740. The predicted octanol–water partition coefficient (Wildman–Crippen LogP) is 3.34. The van der Waals surface area contributed by atoms with E-state index in [2.05, 4.69) is 28.2 Å². The maximum atomic E-state index is 5.77. The minimum Gasteiger partial charge on any atom is -0.486 e. The lowest BCUT2D eigenvalue weighted by Crippen LogP contribution is -2.28. The molecule has 2 heterocycles. The van der Waals surface area contributed by atoms with Crippen molar-refractivity contribution in [3.05, 3.63) is 21.7 Å². The first-order chi connectivity index (χ1) is 8.77. The van der Waals surface area contributed by atoms with E-state index in [-0.39, 0.29) is 0 Å². The Morgan fingerprint density at radius 3 is 2.89 bits per heavy atom. The summed E-state index contributed by atoms with van der Waals surface area (Å²) in [6.07, 6.45) is 3.76. The van der Waals surface area contributed by atoms with Crippen molar-refractivity contribution in [1.29, 1.82) is 0 Å². The molecule has 1 N–H and O–H groups in total. The topological polar surface area (TPSA) is 30.5 Å². The van der Waals surface area contributed by atoms with E-state index in [1.54, 1.807) is 0 Å². The van der Waals surface area contributed by atoms with Crippen LogP contribution in [-0.4, -0.2) is 19.8 Å². The van der Waals surface area contributed by atoms with Crippen LogP contribution in [0, 0.1) is 6.92 Å². The highest BCUT2D eigenvalue weighted by Gasteiger charge is 2.25. The third-order valence-electron chi connectivity index (χ3n) is 3.73. The van der Waals surface area contributed by atoms with Gasteiger partial charge >= 0.3 is 0 Å². The normalized spacial score (nSPS) is 22.9. The summed E-state index contributed by atoms with van der Waals surface area (Å²) in [5, 5.41) is 3.60. The number of nitrogens with one attached hydrogen (secondary N) is 1. The van der Waals surface area contributed by atoms with Gasteiger partial charge in [0.15, 0.2) is 11.5 Å². The molecule has 0 aromatic heterocycles. The highest BCUT2D eigenvalue weighted by molar-refractivity contribution is 9.10. The Morgan fingerprint density at radius 2 is 2.11 bits per heavy atom. The first-order valence-electron chi connectivity index (χ1n) is 6.59. The van der Waals surface area contributed by atoms with E-state index in [9.17, 15) is 0 Å². The van der Waals surface area contributed by atoms with Gasteiger partial charge in [0.25, 0.3) is 0 Å². The Balaban J connectivity index is 2.02. The third kappa shape index (κ3) is 2.12. The summed E-state index contributed by atoms with van der Waals surface area (Å²) in [5.74, 6) is 1.79. The maximum Gasteiger partial charge on any atom is 0.164 e. The largest absolute Gasteiger partial charge is 0.486 e. The number of ether oxygens (including phenoxy) is 2. The number of hydrogen-bond acceptors (Lipinski definition) is 3. The Labute approximate surface area is 116 Å². The molecule has 0 radical (unpaired) electrons. The Morgan fingerprint density at radius 1 is 1.28 bits per heavy atom. The van der Waals surface area contributed by atoms with E-state index < -0.39 is 0 Å². The molecule has 1 aromatic carbocycles. The van der Waals surface area contributed by atoms with Crippen molar-refractivity contribution in [3.8, 4) is 11.5 Å². The van der Waals surface area contributed by atoms with Crippen LogP contribution in [-0.2, 0) is 0 Å². The molecule has 3 rings (SSSR count). The third-order valence-corrected chi connectivity index (χ3v) is 4.39. The molecule has 0 aliphatic carbocycles. The van der Waals surface area contributed by atoms with Gasteiger partial charge < -0.3 is 14.8 Å². The minimum absolute atomic E-state index is 0.434. The van der Waals surface area contributed by atoms with Gasteiger partial charge in [-0.15, -0.1) is 0 Å². The summed E-state index contributed by atoms with van der Waals surface area (Å²) in [6, 6.07) is 2.48. The molecule has 0 saturated carbocycles. The van der Waals surface area contributed by atoms with E-state index in [1.165, 1.54) is 30.4 Å². The number of halogens is 1. The highest BCUT2D eigenvalue weighted by Crippen LogP contribution is 2.43. The van der Waals surface area contributed by atoms with Crippen molar-refractivity contribution >= 4 is 15.9 Å². The molecule has 98 valence electrons. The standard InChI is InChI=1S/C14H18BrNO2/c1-9-13(11-4-2-3-5-16-11)10(15)8-12-14(9)18-7-6-17-12/h8,11,16H,2-7H2,1H3. The number of benzene rings is 1. The fourth-order valence-corrected chi connectivity index (χ4v) is 3.63. The monoisotopic (exact) mass is 311 g/mol. The quantitative estimate of drug-likeness (QED) is 0.863. The minimum atomic E-state index is 0.434. The fourth-order valence-electron chi connectivity index (χ4n) is 2.85. The second kappa shape index (κ2) is 5.10. The van der Waals surface area contributed by atoms with Crippen LogP contribution < -0.4 is 14.8 Å². The summed E-state index contributed by atoms with van der Waals surface area (Å²) < 4.78 is 12.5. The van der Waals surface area contributed by atoms with E-state index in [0.29, 0.717) is 19.3 Å². The summed E-state index contributed by atoms with van der Waals surface area (Å²) in [5.41, 5.74) is 2.54. The summed E-state index contributed by atoms with van der Waals surface area (Å²) in [6.45, 7) is 4.52. The second-order valence-electron chi connectivity index (χ2n) is 4.92. The second-order valence-corrected chi connectivity index (χ2v) is 5.78. The average Bonchev–Trinajstić information content (AvgIpc) is 2.40. The summed E-state index contributed by atoms with van der Waals surface area (Å²) in [7, 11) is 0. The average molecular weight is 312 g/mol. The van der Waals surface area contributed by atoms with Gasteiger partial charge in [-0.1, -0.05) is 22.4 Å². The zero-order chi connectivity index (χ0) is 12.5. The SMILES string of the molecule is Cc1c2c(cc(Br)c1C1CCCCN1)OCCO2. The van der Waals surface area contributed by atoms with Gasteiger partial charge in [0.2, 0.25) is 0 Å². The molecular weight excluding hydrogens is 294 g/mol. The van der Waals surface area contributed by atoms with Crippen LogP contribution in [0.3, 0.4) is 0 Å². The lowest BCUT2D eigenvalue weighted by molar-refractivity contribution is 0.170. The van der Waals surface area contributed by atoms with Crippen molar-refractivity contribution in [2.75, 3.05) is 19.8 Å². The van der Waals surface area contributed by atoms with Crippen molar-refractivity contribution in [3.63, 3.8) is 0 Å². The van der Waals surface area contributed by atoms with Crippen molar-refractivity contribution in [2.45, 2.75) is 32.2 Å². The van der Waals surface area contributed by atoms with E-state index in [4.69, 9.17) is 9.47 Å². The Bertz CT molecular complexity index is 456. The lowest BCUT2D eigenvalue weighted by Gasteiger charge is -2.29. The zero-order valence-corrected chi connectivity index (χ0v) is 12.2. The molecular formula is C14H18BrNO2. The molecule has 3 nitrogen and oxygen atoms in total. The first kappa shape index (κ1) is 12.3. The van der Waals surface area contributed by atoms with Crippen LogP contribution in [0.2, 0.25) is 0 Å². The molecule has 1 saturated heterocycles. The molecule has 4 heteroatoms. The van der Waals surface area contributed by atoms with Crippen LogP contribution in [0.1, 0.15) is 36.4 Å². The molecule has 18 heavy (non-hydrogen) atoms. The van der Waals surface area contributed by atoms with Crippen LogP contribution in [0.5, 0.6) is 11.5 Å². The van der Waals surface area contributed by atoms with Gasteiger partial charge in [-0.25, -0.2) is 0 Å². The van der Waals surface area contributed by atoms with Crippen LogP contribution >= 0.6 is 15.9 Å². The molecule has 2 aliphatic heterocycles. The molecule has 1 fully saturated rings. The fraction of sp³-hybridized carbons (Fsp3) is 0.571. The number of piperidine rings is 1. The molecule has 1 unspecified atom stereocenters. The molecule has 2 aliphatic rings. The number of fused-ring (bicyclic) bond motifs is 1. The van der Waals surface area contributed by atoms with Gasteiger partial charge in [0.1, 0.15) is 13.2 Å². The van der Waals surface area contributed by atoms with Crippen LogP contribution in [0.4, 0.5) is 0 Å². The first-order valence-corrected chi connectivity index (χ1v) is 7.38. The predicted molar refractivity (Wildman–Crippen MR) is 74.5 cm³/mol. The summed E-state index contributed by atoms with van der Waals surface area (Å²) in [4.78, 5) is 0. The highest BCUT2D eigenvalue weighted by atomic mass is 79.9. The molecule has 0 bridgehead atoms. The van der Waals surface area contributed by atoms with E-state index >= 15 is 0 Å². The van der Waals surface area contributed by atoms with Gasteiger partial charge in [-0.05, 0) is 37.9 Å². The van der Waals surface area contributed by atoms with Crippen molar-refractivity contribution in [2.24, 2.45) is 0 Å². The molecule has 0 spiro atoms. The van der Waals surface area contributed by atoms with Crippen LogP contribution in [0.15, 0.2) is 10.5 Å². The van der Waals surface area contributed by atoms with E-state index in [1.807, 2.05) is 6.07 Å². The zero-order valence-electron chi connectivity index (χ0n) is 10.6. The maximum absolute atomic E-state index is 5.77. The Kier molecular flexibility index (Phi) is 3.48. The smallest absolute Gasteiger partial charge is 0.164 e. The summed E-state index contributed by atoms with van der Waals surface area (Å²) >= 11 is 3.69.